The Balaban J connectivity index is 1.34. The molecule has 8 nitrogen and oxygen atoms in total. The monoisotopic (exact) mass is 665 g/mol. The molecule has 47 heavy (non-hydrogen) atoms. The zero-order valence-electron chi connectivity index (χ0n) is 26.5. The summed E-state index contributed by atoms with van der Waals surface area (Å²) in [4.78, 5) is 18.9. The molecule has 0 aliphatic carbocycles. The molecule has 240 valence electrons. The van der Waals surface area contributed by atoms with Gasteiger partial charge in [0.2, 0.25) is 11.1 Å². The number of benzene rings is 4. The Labute approximate surface area is 284 Å². The van der Waals surface area contributed by atoms with Crippen molar-refractivity contribution in [2.24, 2.45) is 0 Å². The second-order valence-corrected chi connectivity index (χ2v) is 12.5. The molecule has 1 aliphatic rings. The lowest BCUT2D eigenvalue weighted by Crippen LogP contribution is -2.31. The van der Waals surface area contributed by atoms with Gasteiger partial charge in [-0.3, -0.25) is 4.79 Å². The molecule has 2 heterocycles. The van der Waals surface area contributed by atoms with Gasteiger partial charge in [-0.25, -0.2) is 4.68 Å². The molecule has 0 saturated heterocycles. The third kappa shape index (κ3) is 7.48. The Morgan fingerprint density at radius 3 is 2.51 bits per heavy atom. The Morgan fingerprint density at radius 1 is 0.957 bits per heavy atom. The normalized spacial score (nSPS) is 13.9. The van der Waals surface area contributed by atoms with Gasteiger partial charge in [0.1, 0.15) is 6.04 Å². The van der Waals surface area contributed by atoms with Crippen LogP contribution in [0.2, 0.25) is 5.02 Å². The van der Waals surface area contributed by atoms with Crippen LogP contribution in [-0.2, 0) is 17.0 Å². The summed E-state index contributed by atoms with van der Waals surface area (Å²) in [6.07, 6.45) is 0.768. The summed E-state index contributed by atoms with van der Waals surface area (Å²) in [7, 11) is 0. The Hall–Kier alpha value is -4.73. The van der Waals surface area contributed by atoms with E-state index in [1.807, 2.05) is 106 Å². The zero-order chi connectivity index (χ0) is 32.8. The van der Waals surface area contributed by atoms with Crippen LogP contribution < -0.4 is 20.1 Å². The number of anilines is 2. The average molecular weight is 666 g/mol. The molecular formula is C37H36ClN5O3S. The summed E-state index contributed by atoms with van der Waals surface area (Å²) in [6.45, 7) is 6.75. The minimum atomic E-state index is -0.588. The molecular weight excluding hydrogens is 630 g/mol. The van der Waals surface area contributed by atoms with Crippen molar-refractivity contribution in [3.63, 3.8) is 0 Å². The number of nitrogens with one attached hydrogen (secondary N) is 2. The van der Waals surface area contributed by atoms with Gasteiger partial charge in [-0.1, -0.05) is 96.2 Å². The van der Waals surface area contributed by atoms with Crippen molar-refractivity contribution >= 4 is 40.9 Å². The number of amides is 1. The number of hydrogen-bond acceptors (Lipinski definition) is 7. The standard InChI is InChI=1S/C37H36ClN5O3S/c1-4-45-32-22-27(18-19-31(32)46-21-20-26-13-6-5-7-14-26)34-33(35(44)40-30-17-11-8-12-24(30)2)25(3)39-36-41-37(42-43(34)36)47-23-28-15-9-10-16-29(28)38/h5-19,22,34H,4,20-21,23H2,1-3H3,(H,40,44)(H,39,41,42). The maximum absolute atomic E-state index is 14.1. The highest BCUT2D eigenvalue weighted by Gasteiger charge is 2.35. The summed E-state index contributed by atoms with van der Waals surface area (Å²) < 4.78 is 14.1. The van der Waals surface area contributed by atoms with Gasteiger partial charge in [-0.15, -0.1) is 5.10 Å². The van der Waals surface area contributed by atoms with E-state index in [9.17, 15) is 4.79 Å². The van der Waals surface area contributed by atoms with E-state index >= 15 is 0 Å². The van der Waals surface area contributed by atoms with E-state index in [1.165, 1.54) is 17.3 Å². The number of nitrogens with zero attached hydrogens (tertiary/aromatic N) is 3. The third-order valence-corrected chi connectivity index (χ3v) is 9.12. The van der Waals surface area contributed by atoms with E-state index in [4.69, 9.17) is 31.2 Å². The SMILES string of the molecule is CCOc1cc(C2C(C(=O)Nc3ccccc3C)=C(C)Nc3nc(SCc4ccccc4Cl)nn32)ccc1OCCc1ccccc1. The average Bonchev–Trinajstić information content (AvgIpc) is 3.48. The fourth-order valence-electron chi connectivity index (χ4n) is 5.46. The van der Waals surface area contributed by atoms with Crippen LogP contribution in [0.4, 0.5) is 11.6 Å². The summed E-state index contributed by atoms with van der Waals surface area (Å²) in [5.41, 5.74) is 5.92. The van der Waals surface area contributed by atoms with Gasteiger partial charge in [0.25, 0.3) is 5.91 Å². The maximum atomic E-state index is 14.1. The number of para-hydroxylation sites is 1. The second-order valence-electron chi connectivity index (χ2n) is 11.1. The quantitative estimate of drug-likeness (QED) is 0.129. The second kappa shape index (κ2) is 14.8. The fourth-order valence-corrected chi connectivity index (χ4v) is 6.58. The first-order chi connectivity index (χ1) is 22.9. The van der Waals surface area contributed by atoms with E-state index in [0.29, 0.717) is 57.9 Å². The van der Waals surface area contributed by atoms with E-state index in [1.54, 1.807) is 4.68 Å². The van der Waals surface area contributed by atoms with E-state index < -0.39 is 6.04 Å². The highest BCUT2D eigenvalue weighted by atomic mass is 35.5. The van der Waals surface area contributed by atoms with E-state index in [0.717, 1.165) is 28.8 Å². The summed E-state index contributed by atoms with van der Waals surface area (Å²) >= 11 is 7.90. The number of allylic oxidation sites excluding steroid dienone is 1. The van der Waals surface area contributed by atoms with Gasteiger partial charge in [0, 0.05) is 28.6 Å². The Morgan fingerprint density at radius 2 is 1.72 bits per heavy atom. The van der Waals surface area contributed by atoms with Crippen LogP contribution in [0, 0.1) is 6.92 Å². The molecule has 1 atom stereocenters. The first-order valence-corrected chi connectivity index (χ1v) is 16.9. The van der Waals surface area contributed by atoms with Crippen molar-refractivity contribution in [3.8, 4) is 11.5 Å². The third-order valence-electron chi connectivity index (χ3n) is 7.86. The van der Waals surface area contributed by atoms with Crippen LogP contribution in [-0.4, -0.2) is 33.9 Å². The predicted molar refractivity (Wildman–Crippen MR) is 189 cm³/mol. The molecule has 6 rings (SSSR count). The molecule has 1 aliphatic heterocycles. The van der Waals surface area contributed by atoms with Crippen molar-refractivity contribution < 1.29 is 14.3 Å². The van der Waals surface area contributed by atoms with Gasteiger partial charge in [0.15, 0.2) is 11.5 Å². The first kappa shape index (κ1) is 32.2. The van der Waals surface area contributed by atoms with Crippen LogP contribution in [0.1, 0.15) is 42.1 Å². The molecule has 2 N–H and O–H groups in total. The maximum Gasteiger partial charge on any atom is 0.255 e. The van der Waals surface area contributed by atoms with Gasteiger partial charge in [-0.05, 0) is 67.3 Å². The van der Waals surface area contributed by atoms with Gasteiger partial charge in [0.05, 0.1) is 18.8 Å². The molecule has 5 aromatic rings. The number of fused-ring (bicyclic) bond motifs is 1. The molecule has 1 amide bonds. The molecule has 1 aromatic heterocycles. The predicted octanol–water partition coefficient (Wildman–Crippen LogP) is 8.48. The topological polar surface area (TPSA) is 90.3 Å². The van der Waals surface area contributed by atoms with Gasteiger partial charge >= 0.3 is 0 Å². The lowest BCUT2D eigenvalue weighted by molar-refractivity contribution is -0.113. The molecule has 0 fully saturated rings. The molecule has 0 radical (unpaired) electrons. The molecule has 0 spiro atoms. The number of aromatic nitrogens is 3. The van der Waals surface area contributed by atoms with Crippen molar-refractivity contribution in [1.82, 2.24) is 14.8 Å². The summed E-state index contributed by atoms with van der Waals surface area (Å²) in [6, 6.07) is 30.9. The van der Waals surface area contributed by atoms with E-state index in [2.05, 4.69) is 22.8 Å². The van der Waals surface area contributed by atoms with Crippen LogP contribution >= 0.6 is 23.4 Å². The Kier molecular flexibility index (Phi) is 10.1. The molecule has 1 unspecified atom stereocenters. The van der Waals surface area contributed by atoms with Crippen LogP contribution in [0.15, 0.2) is 113 Å². The molecule has 4 aromatic carbocycles. The number of rotatable bonds is 12. The Bertz CT molecular complexity index is 1910. The summed E-state index contributed by atoms with van der Waals surface area (Å²) in [5, 5.41) is 12.6. The molecule has 10 heteroatoms. The number of thioether (sulfide) groups is 1. The van der Waals surface area contributed by atoms with Crippen molar-refractivity contribution in [2.75, 3.05) is 23.8 Å². The van der Waals surface area contributed by atoms with Gasteiger partial charge in [-0.2, -0.15) is 4.98 Å². The van der Waals surface area contributed by atoms with Crippen LogP contribution in [0.5, 0.6) is 11.5 Å². The lowest BCUT2D eigenvalue weighted by Gasteiger charge is -2.29. The van der Waals surface area contributed by atoms with Crippen LogP contribution in [0.25, 0.3) is 0 Å². The zero-order valence-corrected chi connectivity index (χ0v) is 28.1. The fraction of sp³-hybridized carbons (Fsp3) is 0.216. The number of carbonyl (C=O) groups excluding carboxylic acids is 1. The number of halogens is 1. The molecule has 0 saturated carbocycles. The van der Waals surface area contributed by atoms with E-state index in [-0.39, 0.29) is 5.91 Å². The number of hydrogen-bond donors (Lipinski definition) is 2. The van der Waals surface area contributed by atoms with Crippen molar-refractivity contribution in [1.29, 1.82) is 0 Å². The van der Waals surface area contributed by atoms with Crippen molar-refractivity contribution in [2.45, 2.75) is 44.1 Å². The van der Waals surface area contributed by atoms with Crippen molar-refractivity contribution in [3.05, 3.63) is 136 Å². The molecule has 0 bridgehead atoms. The first-order valence-electron chi connectivity index (χ1n) is 15.5. The number of carbonyl (C=O) groups is 1. The highest BCUT2D eigenvalue weighted by molar-refractivity contribution is 7.98. The smallest absolute Gasteiger partial charge is 0.255 e. The number of aryl methyl sites for hydroxylation is 1. The number of ether oxygens (including phenoxy) is 2. The highest BCUT2D eigenvalue weighted by Crippen LogP contribution is 2.40. The largest absolute Gasteiger partial charge is 0.490 e. The minimum Gasteiger partial charge on any atom is -0.490 e. The lowest BCUT2D eigenvalue weighted by atomic mass is 9.94. The summed E-state index contributed by atoms with van der Waals surface area (Å²) in [5.74, 6) is 2.15. The van der Waals surface area contributed by atoms with Gasteiger partial charge < -0.3 is 20.1 Å². The van der Waals surface area contributed by atoms with Crippen LogP contribution in [0.3, 0.4) is 0 Å². The minimum absolute atomic E-state index is 0.234.